The molecule has 3 heterocycles. The SMILES string of the molecule is c1nncc2c1OCC1=C2CCN1. The Morgan fingerprint density at radius 3 is 3.23 bits per heavy atom. The van der Waals surface area contributed by atoms with Crippen molar-refractivity contribution >= 4 is 5.57 Å². The molecule has 3 rings (SSSR count). The third-order valence-corrected chi connectivity index (χ3v) is 2.47. The van der Waals surface area contributed by atoms with E-state index in [0.29, 0.717) is 6.61 Å². The molecule has 0 fully saturated rings. The van der Waals surface area contributed by atoms with Crippen LogP contribution in [-0.4, -0.2) is 23.3 Å². The van der Waals surface area contributed by atoms with Crippen molar-refractivity contribution in [3.05, 3.63) is 23.7 Å². The van der Waals surface area contributed by atoms with E-state index < -0.39 is 0 Å². The van der Waals surface area contributed by atoms with Crippen LogP contribution in [0.5, 0.6) is 5.75 Å². The van der Waals surface area contributed by atoms with Crippen LogP contribution in [0.3, 0.4) is 0 Å². The Kier molecular flexibility index (Phi) is 1.30. The van der Waals surface area contributed by atoms with Crippen molar-refractivity contribution in [2.75, 3.05) is 13.2 Å². The number of fused-ring (bicyclic) bond motifs is 2. The summed E-state index contributed by atoms with van der Waals surface area (Å²) < 4.78 is 5.51. The van der Waals surface area contributed by atoms with Gasteiger partial charge in [-0.1, -0.05) is 0 Å². The molecule has 0 bridgehead atoms. The molecule has 2 aliphatic heterocycles. The molecule has 1 N–H and O–H groups in total. The van der Waals surface area contributed by atoms with Crippen LogP contribution in [0.15, 0.2) is 18.1 Å². The van der Waals surface area contributed by atoms with Crippen LogP contribution in [0.2, 0.25) is 0 Å². The molecule has 66 valence electrons. The summed E-state index contributed by atoms with van der Waals surface area (Å²) >= 11 is 0. The lowest BCUT2D eigenvalue weighted by molar-refractivity contribution is 0.337. The van der Waals surface area contributed by atoms with Gasteiger partial charge in [-0.05, 0) is 12.0 Å². The molecule has 0 radical (unpaired) electrons. The zero-order chi connectivity index (χ0) is 8.67. The summed E-state index contributed by atoms with van der Waals surface area (Å²) in [5, 5.41) is 11.0. The van der Waals surface area contributed by atoms with Gasteiger partial charge >= 0.3 is 0 Å². The van der Waals surface area contributed by atoms with Gasteiger partial charge in [0.2, 0.25) is 0 Å². The Morgan fingerprint density at radius 2 is 2.23 bits per heavy atom. The second kappa shape index (κ2) is 2.45. The molecule has 0 saturated heterocycles. The van der Waals surface area contributed by atoms with Gasteiger partial charge in [-0.3, -0.25) is 0 Å². The normalized spacial score (nSPS) is 18.8. The van der Waals surface area contributed by atoms with Crippen molar-refractivity contribution in [3.8, 4) is 5.75 Å². The first-order chi connectivity index (χ1) is 6.45. The van der Waals surface area contributed by atoms with E-state index in [1.165, 1.54) is 11.3 Å². The summed E-state index contributed by atoms with van der Waals surface area (Å²) in [7, 11) is 0. The van der Waals surface area contributed by atoms with Crippen LogP contribution in [0.4, 0.5) is 0 Å². The minimum atomic E-state index is 0.647. The summed E-state index contributed by atoms with van der Waals surface area (Å²) in [6.45, 7) is 1.66. The fraction of sp³-hybridized carbons (Fsp3) is 0.333. The summed E-state index contributed by atoms with van der Waals surface area (Å²) in [5.74, 6) is 0.859. The van der Waals surface area contributed by atoms with Crippen LogP contribution in [0, 0.1) is 0 Å². The van der Waals surface area contributed by atoms with Gasteiger partial charge < -0.3 is 10.1 Å². The molecule has 1 aromatic heterocycles. The fourth-order valence-electron chi connectivity index (χ4n) is 1.83. The van der Waals surface area contributed by atoms with Crippen LogP contribution < -0.4 is 10.1 Å². The molecule has 0 spiro atoms. The highest BCUT2D eigenvalue weighted by atomic mass is 16.5. The Labute approximate surface area is 75.6 Å². The van der Waals surface area contributed by atoms with E-state index in [1.54, 1.807) is 12.4 Å². The summed E-state index contributed by atoms with van der Waals surface area (Å²) in [6, 6.07) is 0. The van der Waals surface area contributed by atoms with E-state index in [2.05, 4.69) is 15.5 Å². The summed E-state index contributed by atoms with van der Waals surface area (Å²) in [5.41, 5.74) is 3.65. The van der Waals surface area contributed by atoms with E-state index in [-0.39, 0.29) is 0 Å². The van der Waals surface area contributed by atoms with E-state index in [0.717, 1.165) is 24.3 Å². The molecule has 4 nitrogen and oxygen atoms in total. The predicted octanol–water partition coefficient (Wildman–Crippen LogP) is 0.573. The van der Waals surface area contributed by atoms with Crippen LogP contribution in [-0.2, 0) is 0 Å². The molecule has 4 heteroatoms. The molecule has 0 unspecified atom stereocenters. The van der Waals surface area contributed by atoms with Gasteiger partial charge in [-0.15, -0.1) is 0 Å². The predicted molar refractivity (Wildman–Crippen MR) is 47.1 cm³/mol. The minimum Gasteiger partial charge on any atom is -0.485 e. The van der Waals surface area contributed by atoms with Crippen molar-refractivity contribution in [1.82, 2.24) is 15.5 Å². The average molecular weight is 175 g/mol. The first kappa shape index (κ1) is 6.88. The molecule has 0 aliphatic carbocycles. The quantitative estimate of drug-likeness (QED) is 0.626. The van der Waals surface area contributed by atoms with Gasteiger partial charge in [0.15, 0.2) is 0 Å². The van der Waals surface area contributed by atoms with Gasteiger partial charge in [-0.2, -0.15) is 10.2 Å². The third-order valence-electron chi connectivity index (χ3n) is 2.47. The first-order valence-corrected chi connectivity index (χ1v) is 4.35. The number of ether oxygens (including phenoxy) is 1. The third kappa shape index (κ3) is 0.915. The highest BCUT2D eigenvalue weighted by Crippen LogP contribution is 2.34. The van der Waals surface area contributed by atoms with Gasteiger partial charge in [0.1, 0.15) is 12.4 Å². The van der Waals surface area contributed by atoms with Crippen LogP contribution in [0.25, 0.3) is 5.57 Å². The Balaban J connectivity index is 2.18. The van der Waals surface area contributed by atoms with Gasteiger partial charge in [0.05, 0.1) is 18.1 Å². The van der Waals surface area contributed by atoms with Crippen LogP contribution in [0.1, 0.15) is 12.0 Å². The molecular weight excluding hydrogens is 166 g/mol. The van der Waals surface area contributed by atoms with Crippen molar-refractivity contribution in [3.63, 3.8) is 0 Å². The largest absolute Gasteiger partial charge is 0.485 e. The standard InChI is InChI=1S/C9H9N3O/c1-2-10-8-5-13-9-4-12-11-3-7(9)6(1)8/h3-4,10H,1-2,5H2. The van der Waals surface area contributed by atoms with Gasteiger partial charge in [-0.25, -0.2) is 0 Å². The topological polar surface area (TPSA) is 47.0 Å². The molecule has 1 aromatic rings. The number of nitrogens with one attached hydrogen (secondary N) is 1. The highest BCUT2D eigenvalue weighted by molar-refractivity contribution is 5.75. The molecule has 0 atom stereocenters. The molecule has 13 heavy (non-hydrogen) atoms. The number of aromatic nitrogens is 2. The Hall–Kier alpha value is -1.58. The van der Waals surface area contributed by atoms with Crippen molar-refractivity contribution in [2.45, 2.75) is 6.42 Å². The van der Waals surface area contributed by atoms with Crippen molar-refractivity contribution in [2.24, 2.45) is 0 Å². The van der Waals surface area contributed by atoms with E-state index >= 15 is 0 Å². The lowest BCUT2D eigenvalue weighted by Crippen LogP contribution is -2.17. The summed E-state index contributed by atoms with van der Waals surface area (Å²) in [6.07, 6.45) is 4.52. The monoisotopic (exact) mass is 175 g/mol. The average Bonchev–Trinajstić information content (AvgIpc) is 2.65. The number of hydrogen-bond donors (Lipinski definition) is 1. The zero-order valence-electron chi connectivity index (χ0n) is 7.08. The molecule has 2 aliphatic rings. The second-order valence-electron chi connectivity index (χ2n) is 3.19. The molecule has 0 aromatic carbocycles. The van der Waals surface area contributed by atoms with Crippen LogP contribution >= 0.6 is 0 Å². The molecular formula is C9H9N3O. The lowest BCUT2D eigenvalue weighted by atomic mass is 10.0. The zero-order valence-corrected chi connectivity index (χ0v) is 7.08. The Morgan fingerprint density at radius 1 is 1.31 bits per heavy atom. The minimum absolute atomic E-state index is 0.647. The van der Waals surface area contributed by atoms with E-state index in [1.807, 2.05) is 0 Å². The second-order valence-corrected chi connectivity index (χ2v) is 3.19. The van der Waals surface area contributed by atoms with Crippen molar-refractivity contribution < 1.29 is 4.74 Å². The van der Waals surface area contributed by atoms with Gasteiger partial charge in [0.25, 0.3) is 0 Å². The first-order valence-electron chi connectivity index (χ1n) is 4.35. The molecule has 0 amide bonds. The Bertz CT molecular complexity index is 386. The smallest absolute Gasteiger partial charge is 0.149 e. The van der Waals surface area contributed by atoms with E-state index in [4.69, 9.17) is 4.74 Å². The molecule has 0 saturated carbocycles. The number of rotatable bonds is 0. The highest BCUT2D eigenvalue weighted by Gasteiger charge is 2.23. The summed E-state index contributed by atoms with van der Waals surface area (Å²) in [4.78, 5) is 0. The maximum Gasteiger partial charge on any atom is 0.149 e. The maximum absolute atomic E-state index is 5.51. The number of nitrogens with zero attached hydrogens (tertiary/aromatic N) is 2. The maximum atomic E-state index is 5.51. The lowest BCUT2D eigenvalue weighted by Gasteiger charge is -2.17. The van der Waals surface area contributed by atoms with Gasteiger partial charge in [0, 0.05) is 12.1 Å². The van der Waals surface area contributed by atoms with E-state index in [9.17, 15) is 0 Å². The van der Waals surface area contributed by atoms with Crippen molar-refractivity contribution in [1.29, 1.82) is 0 Å². The fourth-order valence-corrected chi connectivity index (χ4v) is 1.83. The number of hydrogen-bond acceptors (Lipinski definition) is 4.